The molecule has 2 atom stereocenters. The molecular weight excluding hydrogens is 679 g/mol. The lowest BCUT2D eigenvalue weighted by Crippen LogP contribution is -2.48. The number of allylic oxidation sites excluding steroid dienone is 3. The Morgan fingerprint density at radius 3 is 2.00 bits per heavy atom. The SMILES string of the molecule is C=C(c1ccc(N2CCN(C(c3ccc(C)cc3)c3ccc(C)cc3)CC2)cc1)c1ccc(NC(CSC2=CCCC=C2)C(C)CCN(C)C)c(NC)c1. The fraction of sp³-hybridized carbons (Fsp3) is 0.375. The number of hydrogen-bond acceptors (Lipinski definition) is 6. The number of benzene rings is 4. The Hall–Kier alpha value is -4.23. The van der Waals surface area contributed by atoms with Gasteiger partial charge >= 0.3 is 0 Å². The van der Waals surface area contributed by atoms with Gasteiger partial charge in [0.25, 0.3) is 0 Å². The zero-order valence-corrected chi connectivity index (χ0v) is 34.3. The van der Waals surface area contributed by atoms with Gasteiger partial charge in [0.1, 0.15) is 0 Å². The summed E-state index contributed by atoms with van der Waals surface area (Å²) in [6.07, 6.45) is 10.4. The van der Waals surface area contributed by atoms with Gasteiger partial charge in [-0.15, -0.1) is 11.8 Å². The van der Waals surface area contributed by atoms with Crippen LogP contribution < -0.4 is 15.5 Å². The quantitative estimate of drug-likeness (QED) is 0.119. The van der Waals surface area contributed by atoms with Crippen molar-refractivity contribution in [2.75, 3.05) is 75.2 Å². The Kier molecular flexibility index (Phi) is 13.8. The summed E-state index contributed by atoms with van der Waals surface area (Å²) < 4.78 is 0. The largest absolute Gasteiger partial charge is 0.386 e. The molecule has 1 saturated heterocycles. The van der Waals surface area contributed by atoms with E-state index in [4.69, 9.17) is 0 Å². The van der Waals surface area contributed by atoms with Gasteiger partial charge in [-0.3, -0.25) is 4.90 Å². The first-order chi connectivity index (χ1) is 26.2. The summed E-state index contributed by atoms with van der Waals surface area (Å²) in [7, 11) is 6.34. The standard InChI is InChI=1S/C48H61N5S/c1-35-13-17-40(18-14-35)48(41-19-15-36(2)16-20-41)53-31-29-52(30-32-53)43-24-21-39(22-25-43)38(4)42-23-26-45(46(33-42)49-5)50-47(37(3)27-28-51(6)7)34-54-44-11-9-8-10-12-44/h9,11-26,33,37,47-50H,4,8,10,27-32,34H2,1-3,5-7H3. The molecule has 0 bridgehead atoms. The molecule has 4 aromatic rings. The van der Waals surface area contributed by atoms with Gasteiger partial charge in [-0.1, -0.05) is 110 Å². The Labute approximate surface area is 330 Å². The van der Waals surface area contributed by atoms with E-state index >= 15 is 0 Å². The molecule has 54 heavy (non-hydrogen) atoms. The minimum absolute atomic E-state index is 0.260. The highest BCUT2D eigenvalue weighted by Gasteiger charge is 2.27. The molecule has 6 heteroatoms. The molecule has 6 rings (SSSR count). The summed E-state index contributed by atoms with van der Waals surface area (Å²) in [6, 6.07) is 34.5. The summed E-state index contributed by atoms with van der Waals surface area (Å²) in [5.41, 5.74) is 12.2. The van der Waals surface area contributed by atoms with E-state index < -0.39 is 0 Å². The lowest BCUT2D eigenvalue weighted by Gasteiger charge is -2.40. The van der Waals surface area contributed by atoms with Crippen molar-refractivity contribution < 1.29 is 0 Å². The fourth-order valence-electron chi connectivity index (χ4n) is 7.55. The van der Waals surface area contributed by atoms with E-state index in [0.717, 1.165) is 85.8 Å². The molecule has 2 unspecified atom stereocenters. The Bertz CT molecular complexity index is 1820. The highest BCUT2D eigenvalue weighted by molar-refractivity contribution is 8.03. The van der Waals surface area contributed by atoms with Crippen LogP contribution in [0.4, 0.5) is 17.1 Å². The lowest BCUT2D eigenvalue weighted by atomic mass is 9.95. The van der Waals surface area contributed by atoms with E-state index in [1.54, 1.807) is 0 Å². The van der Waals surface area contributed by atoms with Gasteiger partial charge in [0.05, 0.1) is 17.4 Å². The molecule has 0 spiro atoms. The number of rotatable bonds is 16. The van der Waals surface area contributed by atoms with Crippen LogP contribution in [-0.2, 0) is 0 Å². The summed E-state index contributed by atoms with van der Waals surface area (Å²) in [5, 5.41) is 7.43. The summed E-state index contributed by atoms with van der Waals surface area (Å²) >= 11 is 1.98. The van der Waals surface area contributed by atoms with Crippen LogP contribution >= 0.6 is 11.8 Å². The molecule has 0 aromatic heterocycles. The molecule has 1 heterocycles. The van der Waals surface area contributed by atoms with E-state index in [0.29, 0.717) is 12.0 Å². The predicted molar refractivity (Wildman–Crippen MR) is 237 cm³/mol. The van der Waals surface area contributed by atoms with Crippen LogP contribution in [0.2, 0.25) is 0 Å². The van der Waals surface area contributed by atoms with Crippen LogP contribution in [0.1, 0.15) is 65.6 Å². The van der Waals surface area contributed by atoms with Crippen LogP contribution in [0.5, 0.6) is 0 Å². The van der Waals surface area contributed by atoms with Crippen LogP contribution in [-0.4, -0.2) is 75.5 Å². The number of piperazine rings is 1. The Balaban J connectivity index is 1.10. The number of anilines is 3. The molecule has 4 aromatic carbocycles. The number of aryl methyl sites for hydroxylation is 2. The van der Waals surface area contributed by atoms with Gasteiger partial charge in [-0.25, -0.2) is 0 Å². The molecule has 2 aliphatic rings. The smallest absolute Gasteiger partial charge is 0.0603 e. The van der Waals surface area contributed by atoms with E-state index in [2.05, 4.69) is 176 Å². The number of thioether (sulfide) groups is 1. The molecule has 1 fully saturated rings. The maximum absolute atomic E-state index is 4.56. The van der Waals surface area contributed by atoms with Crippen molar-refractivity contribution >= 4 is 34.4 Å². The Morgan fingerprint density at radius 2 is 1.43 bits per heavy atom. The average molecular weight is 740 g/mol. The maximum atomic E-state index is 4.56. The first-order valence-corrected chi connectivity index (χ1v) is 20.8. The maximum Gasteiger partial charge on any atom is 0.0603 e. The highest BCUT2D eigenvalue weighted by Crippen LogP contribution is 2.34. The van der Waals surface area contributed by atoms with Gasteiger partial charge < -0.3 is 20.4 Å². The minimum Gasteiger partial charge on any atom is -0.386 e. The zero-order valence-electron chi connectivity index (χ0n) is 33.4. The number of nitrogens with zero attached hydrogens (tertiary/aromatic N) is 3. The molecule has 0 radical (unpaired) electrons. The first kappa shape index (κ1) is 39.5. The van der Waals surface area contributed by atoms with Crippen molar-refractivity contribution in [3.63, 3.8) is 0 Å². The van der Waals surface area contributed by atoms with Gasteiger partial charge in [0.2, 0.25) is 0 Å². The van der Waals surface area contributed by atoms with Crippen molar-refractivity contribution in [2.45, 2.75) is 52.1 Å². The zero-order chi connectivity index (χ0) is 38.0. The number of hydrogen-bond donors (Lipinski definition) is 2. The monoisotopic (exact) mass is 739 g/mol. The van der Waals surface area contributed by atoms with Crippen molar-refractivity contribution in [2.24, 2.45) is 5.92 Å². The third kappa shape index (κ3) is 10.3. The molecular formula is C48H61N5S. The lowest BCUT2D eigenvalue weighted by molar-refractivity contribution is 0.212. The van der Waals surface area contributed by atoms with Gasteiger partial charge in [-0.05, 0) is 112 Å². The van der Waals surface area contributed by atoms with Gasteiger partial charge in [0.15, 0.2) is 0 Å². The summed E-state index contributed by atoms with van der Waals surface area (Å²) in [5.74, 6) is 1.56. The molecule has 0 amide bonds. The molecule has 2 N–H and O–H groups in total. The van der Waals surface area contributed by atoms with Crippen molar-refractivity contribution in [3.05, 3.63) is 154 Å². The third-order valence-electron chi connectivity index (χ3n) is 11.1. The average Bonchev–Trinajstić information content (AvgIpc) is 3.20. The second-order valence-corrected chi connectivity index (χ2v) is 16.6. The van der Waals surface area contributed by atoms with E-state index in [1.807, 2.05) is 18.8 Å². The molecule has 1 aliphatic carbocycles. The fourth-order valence-corrected chi connectivity index (χ4v) is 8.76. The highest BCUT2D eigenvalue weighted by atomic mass is 32.2. The topological polar surface area (TPSA) is 33.8 Å². The summed E-state index contributed by atoms with van der Waals surface area (Å²) in [6.45, 7) is 16.4. The van der Waals surface area contributed by atoms with Gasteiger partial charge in [0, 0.05) is 55.6 Å². The van der Waals surface area contributed by atoms with Crippen molar-refractivity contribution in [1.82, 2.24) is 9.80 Å². The van der Waals surface area contributed by atoms with E-state index in [1.165, 1.54) is 32.8 Å². The third-order valence-corrected chi connectivity index (χ3v) is 12.3. The van der Waals surface area contributed by atoms with E-state index in [9.17, 15) is 0 Å². The normalized spacial score (nSPS) is 16.0. The van der Waals surface area contributed by atoms with Gasteiger partial charge in [-0.2, -0.15) is 0 Å². The van der Waals surface area contributed by atoms with Crippen LogP contribution in [0.3, 0.4) is 0 Å². The molecule has 284 valence electrons. The van der Waals surface area contributed by atoms with Crippen molar-refractivity contribution in [1.29, 1.82) is 0 Å². The Morgan fingerprint density at radius 1 is 0.796 bits per heavy atom. The predicted octanol–water partition coefficient (Wildman–Crippen LogP) is 10.7. The number of nitrogens with one attached hydrogen (secondary N) is 2. The summed E-state index contributed by atoms with van der Waals surface area (Å²) in [4.78, 5) is 8.86. The van der Waals surface area contributed by atoms with Crippen LogP contribution in [0, 0.1) is 19.8 Å². The van der Waals surface area contributed by atoms with Crippen molar-refractivity contribution in [3.8, 4) is 0 Å². The van der Waals surface area contributed by atoms with Crippen LogP contribution in [0.15, 0.2) is 121 Å². The minimum atomic E-state index is 0.260. The van der Waals surface area contributed by atoms with E-state index in [-0.39, 0.29) is 6.04 Å². The molecule has 5 nitrogen and oxygen atoms in total. The first-order valence-electron chi connectivity index (χ1n) is 19.8. The second-order valence-electron chi connectivity index (χ2n) is 15.5. The van der Waals surface area contributed by atoms with Crippen LogP contribution in [0.25, 0.3) is 5.57 Å². The molecule has 0 saturated carbocycles. The second kappa shape index (κ2) is 18.9. The molecule has 1 aliphatic heterocycles.